The zero-order chi connectivity index (χ0) is 11.0. The van der Waals surface area contributed by atoms with Gasteiger partial charge in [-0.1, -0.05) is 42.5 Å². The molecule has 3 heteroatoms. The lowest BCUT2D eigenvalue weighted by molar-refractivity contribution is 0.445. The molecule has 2 aromatic rings. The van der Waals surface area contributed by atoms with E-state index in [1.165, 1.54) is 5.12 Å². The molecule has 0 bridgehead atoms. The summed E-state index contributed by atoms with van der Waals surface area (Å²) in [5.41, 5.74) is 0. The van der Waals surface area contributed by atoms with Crippen LogP contribution < -0.4 is 16.4 Å². The summed E-state index contributed by atoms with van der Waals surface area (Å²) in [4.78, 5) is 0. The molecule has 3 rings (SSSR count). The zero-order valence-electron chi connectivity index (χ0n) is 8.67. The molecule has 0 aromatic heterocycles. The zero-order valence-corrected chi connectivity index (χ0v) is 8.67. The van der Waals surface area contributed by atoms with Crippen molar-refractivity contribution in [2.24, 2.45) is 10.9 Å². The Kier molecular flexibility index (Phi) is 1.98. The van der Waals surface area contributed by atoms with Gasteiger partial charge in [0.1, 0.15) is 0 Å². The number of rotatable bonds is 0. The molecule has 1 aliphatic rings. The average molecular weight is 209 g/mol. The number of hydrazine groups is 1. The van der Waals surface area contributed by atoms with Gasteiger partial charge in [-0.3, -0.25) is 0 Å². The van der Waals surface area contributed by atoms with E-state index in [9.17, 15) is 0 Å². The maximum atomic E-state index is 5.78. The van der Waals surface area contributed by atoms with Gasteiger partial charge in [-0.05, 0) is 11.3 Å². The number of fused-ring (bicyclic) bond motifs is 2. The second-order valence-electron chi connectivity index (χ2n) is 3.71. The van der Waals surface area contributed by atoms with E-state index in [0.29, 0.717) is 0 Å². The van der Waals surface area contributed by atoms with Gasteiger partial charge in [0.25, 0.3) is 0 Å². The van der Waals surface area contributed by atoms with Crippen LogP contribution in [0.1, 0.15) is 0 Å². The fourth-order valence-corrected chi connectivity index (χ4v) is 1.94. The largest absolute Gasteiger partial charge is 0.227 e. The Hall–Kier alpha value is -2.13. The monoisotopic (exact) mass is 209 g/mol. The maximum absolute atomic E-state index is 5.78. The third-order valence-electron chi connectivity index (χ3n) is 2.65. The van der Waals surface area contributed by atoms with Crippen molar-refractivity contribution in [3.8, 4) is 0 Å². The summed E-state index contributed by atoms with van der Waals surface area (Å²) in [5, 5.41) is 9.93. The van der Waals surface area contributed by atoms with E-state index in [4.69, 9.17) is 5.84 Å². The molecular formula is C13H11N3. The van der Waals surface area contributed by atoms with E-state index in [2.05, 4.69) is 17.2 Å². The molecule has 0 spiro atoms. The highest BCUT2D eigenvalue weighted by molar-refractivity contribution is 5.26. The van der Waals surface area contributed by atoms with E-state index < -0.39 is 0 Å². The summed E-state index contributed by atoms with van der Waals surface area (Å²) < 4.78 is 0. The van der Waals surface area contributed by atoms with Crippen LogP contribution in [-0.2, 0) is 0 Å². The van der Waals surface area contributed by atoms with Crippen LogP contribution in [0.5, 0.6) is 0 Å². The molecule has 0 saturated carbocycles. The van der Waals surface area contributed by atoms with Gasteiger partial charge in [-0.25, -0.2) is 11.0 Å². The summed E-state index contributed by atoms with van der Waals surface area (Å²) in [7, 11) is 0. The van der Waals surface area contributed by atoms with Gasteiger partial charge in [0.15, 0.2) is 0 Å². The Bertz CT molecular complexity index is 671. The number of hydrogen-bond acceptors (Lipinski definition) is 3. The Morgan fingerprint density at radius 2 is 1.56 bits per heavy atom. The first-order valence-corrected chi connectivity index (χ1v) is 5.13. The molecule has 0 atom stereocenters. The number of hydrogen-bond donors (Lipinski definition) is 1. The third-order valence-corrected chi connectivity index (χ3v) is 2.65. The van der Waals surface area contributed by atoms with Crippen molar-refractivity contribution in [2.45, 2.75) is 0 Å². The van der Waals surface area contributed by atoms with Gasteiger partial charge in [0, 0.05) is 16.6 Å². The normalized spacial score (nSPS) is 12.9. The van der Waals surface area contributed by atoms with Crippen LogP contribution in [0.3, 0.4) is 0 Å². The maximum Gasteiger partial charge on any atom is 0.0929 e. The van der Waals surface area contributed by atoms with Crippen LogP contribution in [0.4, 0.5) is 0 Å². The summed E-state index contributed by atoms with van der Waals surface area (Å²) in [6.07, 6.45) is 1.83. The minimum absolute atomic E-state index is 0.895. The number of nitrogens with two attached hydrogens (primary N) is 1. The molecule has 0 unspecified atom stereocenters. The first-order valence-electron chi connectivity index (χ1n) is 5.13. The van der Waals surface area contributed by atoms with Gasteiger partial charge in [-0.15, -0.1) is 0 Å². The van der Waals surface area contributed by atoms with Crippen molar-refractivity contribution in [1.29, 1.82) is 0 Å². The third kappa shape index (κ3) is 1.38. The second-order valence-corrected chi connectivity index (χ2v) is 3.71. The Morgan fingerprint density at radius 1 is 0.875 bits per heavy atom. The molecule has 1 aliphatic heterocycles. The van der Waals surface area contributed by atoms with Crippen molar-refractivity contribution in [3.05, 3.63) is 69.5 Å². The van der Waals surface area contributed by atoms with Gasteiger partial charge in [0.05, 0.1) is 5.36 Å². The summed E-state index contributed by atoms with van der Waals surface area (Å²) in [6, 6.07) is 16.1. The Balaban J connectivity index is 2.70. The molecule has 2 N–H and O–H groups in total. The van der Waals surface area contributed by atoms with Crippen molar-refractivity contribution in [1.82, 2.24) is 5.12 Å². The lowest BCUT2D eigenvalue weighted by atomic mass is 10.2. The molecule has 3 nitrogen and oxygen atoms in total. The molecule has 0 saturated heterocycles. The van der Waals surface area contributed by atoms with Crippen LogP contribution in [0.2, 0.25) is 0 Å². The lowest BCUT2D eigenvalue weighted by Gasteiger charge is -2.02. The minimum atomic E-state index is 0.895. The van der Waals surface area contributed by atoms with Gasteiger partial charge < -0.3 is 0 Å². The van der Waals surface area contributed by atoms with Crippen molar-refractivity contribution >= 4 is 6.20 Å². The highest BCUT2D eigenvalue weighted by Gasteiger charge is 1.97. The van der Waals surface area contributed by atoms with Gasteiger partial charge in [0.2, 0.25) is 0 Å². The van der Waals surface area contributed by atoms with Gasteiger partial charge >= 0.3 is 0 Å². The van der Waals surface area contributed by atoms with Crippen LogP contribution in [0.25, 0.3) is 6.20 Å². The predicted octanol–water partition coefficient (Wildman–Crippen LogP) is 0.435. The number of benzene rings is 2. The first-order chi connectivity index (χ1) is 7.84. The average Bonchev–Trinajstić information content (AvgIpc) is 2.44. The fraction of sp³-hybridized carbons (Fsp3) is 0. The van der Waals surface area contributed by atoms with Crippen LogP contribution in [0, 0.1) is 10.4 Å². The highest BCUT2D eigenvalue weighted by atomic mass is 15.6. The molecule has 1 heterocycles. The summed E-state index contributed by atoms with van der Waals surface area (Å²) >= 11 is 0. The molecule has 16 heavy (non-hydrogen) atoms. The van der Waals surface area contributed by atoms with Gasteiger partial charge in [-0.2, -0.15) is 5.10 Å². The number of nitrogens with zero attached hydrogens (tertiary/aromatic N) is 2. The second kappa shape index (κ2) is 3.47. The summed E-state index contributed by atoms with van der Waals surface area (Å²) in [5.74, 6) is 5.78. The molecule has 78 valence electrons. The molecule has 0 amide bonds. The van der Waals surface area contributed by atoms with E-state index >= 15 is 0 Å². The van der Waals surface area contributed by atoms with Crippen molar-refractivity contribution in [3.63, 3.8) is 0 Å². The van der Waals surface area contributed by atoms with Crippen LogP contribution in [-0.4, -0.2) is 5.12 Å². The predicted molar refractivity (Wildman–Crippen MR) is 61.8 cm³/mol. The summed E-state index contributed by atoms with van der Waals surface area (Å²) in [6.45, 7) is 0. The molecule has 0 aliphatic carbocycles. The smallest absolute Gasteiger partial charge is 0.0929 e. The van der Waals surface area contributed by atoms with E-state index in [1.54, 1.807) is 0 Å². The van der Waals surface area contributed by atoms with E-state index in [1.807, 2.05) is 42.6 Å². The quantitative estimate of drug-likeness (QED) is 0.639. The Labute approximate surface area is 92.4 Å². The molecule has 0 radical (unpaired) electrons. The topological polar surface area (TPSA) is 41.6 Å². The SMILES string of the molecule is NN1C=c2ccccc2=c2ccccc2=N1. The van der Waals surface area contributed by atoms with E-state index in [0.717, 1.165) is 21.0 Å². The highest BCUT2D eigenvalue weighted by Crippen LogP contribution is 1.93. The molecular weight excluding hydrogens is 198 g/mol. The van der Waals surface area contributed by atoms with Crippen molar-refractivity contribution in [2.75, 3.05) is 0 Å². The Morgan fingerprint density at radius 3 is 2.44 bits per heavy atom. The van der Waals surface area contributed by atoms with E-state index in [-0.39, 0.29) is 0 Å². The minimum Gasteiger partial charge on any atom is -0.227 e. The van der Waals surface area contributed by atoms with Crippen LogP contribution >= 0.6 is 0 Å². The van der Waals surface area contributed by atoms with Crippen LogP contribution in [0.15, 0.2) is 53.6 Å². The molecule has 0 fully saturated rings. The molecule has 2 aromatic carbocycles. The lowest BCUT2D eigenvalue weighted by Crippen LogP contribution is -2.23. The fourth-order valence-electron chi connectivity index (χ4n) is 1.94. The first kappa shape index (κ1) is 9.12. The standard InChI is InChI=1S/C13H11N3/c14-16-9-10-5-1-2-6-11(10)12-7-3-4-8-13(12)15-16/h1-9H,14H2. The van der Waals surface area contributed by atoms with Crippen molar-refractivity contribution < 1.29 is 0 Å².